The molecule has 0 bridgehead atoms. The fourth-order valence-electron chi connectivity index (χ4n) is 2.99. The lowest BCUT2D eigenvalue weighted by Crippen LogP contribution is -2.28. The van der Waals surface area contributed by atoms with E-state index in [1.165, 1.54) is 44.2 Å². The smallest absolute Gasteiger partial charge is 0.124 e. The highest BCUT2D eigenvalue weighted by Crippen LogP contribution is 2.32. The van der Waals surface area contributed by atoms with E-state index in [9.17, 15) is 4.39 Å². The van der Waals surface area contributed by atoms with Gasteiger partial charge in [0.05, 0.1) is 0 Å². The predicted molar refractivity (Wildman–Crippen MR) is 77.3 cm³/mol. The van der Waals surface area contributed by atoms with Gasteiger partial charge in [0.2, 0.25) is 0 Å². The van der Waals surface area contributed by atoms with Gasteiger partial charge in [0.15, 0.2) is 0 Å². The Morgan fingerprint density at radius 3 is 2.68 bits per heavy atom. The van der Waals surface area contributed by atoms with Crippen LogP contribution in [0.4, 0.5) is 4.39 Å². The Labute approximate surface area is 119 Å². The summed E-state index contributed by atoms with van der Waals surface area (Å²) in [5, 5.41) is 0.451. The van der Waals surface area contributed by atoms with Crippen molar-refractivity contribution in [2.45, 2.75) is 51.0 Å². The summed E-state index contributed by atoms with van der Waals surface area (Å²) < 4.78 is 13.1. The van der Waals surface area contributed by atoms with Crippen molar-refractivity contribution in [3.63, 3.8) is 0 Å². The maximum absolute atomic E-state index is 13.1. The normalized spacial score (nSPS) is 18.5. The number of hydrogen-bond acceptors (Lipinski definition) is 2. The van der Waals surface area contributed by atoms with Crippen LogP contribution < -0.4 is 11.3 Å². The third-order valence-corrected chi connectivity index (χ3v) is 4.45. The molecule has 19 heavy (non-hydrogen) atoms. The second-order valence-corrected chi connectivity index (χ2v) is 5.87. The molecule has 1 aromatic rings. The fraction of sp³-hybridized carbons (Fsp3) is 0.600. The third-order valence-electron chi connectivity index (χ3n) is 4.13. The molecule has 1 aromatic carbocycles. The molecule has 0 aromatic heterocycles. The SMILES string of the molecule is NNC(CCC1CCCCC1)c1ccc(F)cc1Cl. The first-order valence-corrected chi connectivity index (χ1v) is 7.49. The first-order valence-electron chi connectivity index (χ1n) is 7.12. The van der Waals surface area contributed by atoms with Gasteiger partial charge < -0.3 is 0 Å². The second-order valence-electron chi connectivity index (χ2n) is 5.47. The van der Waals surface area contributed by atoms with Crippen molar-refractivity contribution in [3.05, 3.63) is 34.6 Å². The van der Waals surface area contributed by atoms with Crippen LogP contribution in [0.5, 0.6) is 0 Å². The summed E-state index contributed by atoms with van der Waals surface area (Å²) in [5.41, 5.74) is 3.70. The van der Waals surface area contributed by atoms with Crippen molar-refractivity contribution in [2.75, 3.05) is 0 Å². The van der Waals surface area contributed by atoms with E-state index in [0.29, 0.717) is 5.02 Å². The molecule has 1 atom stereocenters. The summed E-state index contributed by atoms with van der Waals surface area (Å²) in [4.78, 5) is 0. The Morgan fingerprint density at radius 1 is 1.32 bits per heavy atom. The number of rotatable bonds is 5. The Kier molecular flexibility index (Phi) is 5.61. The van der Waals surface area contributed by atoms with Gasteiger partial charge in [-0.1, -0.05) is 49.8 Å². The Balaban J connectivity index is 1.95. The van der Waals surface area contributed by atoms with Gasteiger partial charge in [-0.15, -0.1) is 0 Å². The van der Waals surface area contributed by atoms with Crippen LogP contribution in [0.15, 0.2) is 18.2 Å². The zero-order valence-corrected chi connectivity index (χ0v) is 11.9. The van der Waals surface area contributed by atoms with Gasteiger partial charge in [0.25, 0.3) is 0 Å². The highest BCUT2D eigenvalue weighted by Gasteiger charge is 2.18. The average molecular weight is 285 g/mol. The lowest BCUT2D eigenvalue weighted by Gasteiger charge is -2.24. The molecule has 1 aliphatic rings. The first kappa shape index (κ1) is 14.8. The van der Waals surface area contributed by atoms with Crippen molar-refractivity contribution in [3.8, 4) is 0 Å². The minimum Gasteiger partial charge on any atom is -0.271 e. The number of halogens is 2. The highest BCUT2D eigenvalue weighted by molar-refractivity contribution is 6.31. The van der Waals surface area contributed by atoms with E-state index in [-0.39, 0.29) is 11.9 Å². The number of benzene rings is 1. The lowest BCUT2D eigenvalue weighted by atomic mass is 9.84. The fourth-order valence-corrected chi connectivity index (χ4v) is 3.29. The summed E-state index contributed by atoms with van der Waals surface area (Å²) in [5.74, 6) is 6.13. The van der Waals surface area contributed by atoms with Gasteiger partial charge >= 0.3 is 0 Å². The number of nitrogens with two attached hydrogens (primary N) is 1. The number of hydrazine groups is 1. The van der Waals surface area contributed by atoms with Gasteiger partial charge in [0.1, 0.15) is 5.82 Å². The second kappa shape index (κ2) is 7.22. The van der Waals surface area contributed by atoms with E-state index >= 15 is 0 Å². The molecule has 3 N–H and O–H groups in total. The predicted octanol–water partition coefficient (Wildman–Crippen LogP) is 4.34. The van der Waals surface area contributed by atoms with Crippen LogP contribution in [0, 0.1) is 11.7 Å². The van der Waals surface area contributed by atoms with Crippen molar-refractivity contribution in [2.24, 2.45) is 11.8 Å². The molecule has 0 saturated heterocycles. The zero-order chi connectivity index (χ0) is 13.7. The Morgan fingerprint density at radius 2 is 2.05 bits per heavy atom. The molecule has 0 radical (unpaired) electrons. The van der Waals surface area contributed by atoms with Crippen LogP contribution in [-0.4, -0.2) is 0 Å². The molecular weight excluding hydrogens is 263 g/mol. The molecule has 0 heterocycles. The third kappa shape index (κ3) is 4.16. The summed E-state index contributed by atoms with van der Waals surface area (Å²) >= 11 is 6.09. The maximum atomic E-state index is 13.1. The minimum absolute atomic E-state index is 0.00928. The zero-order valence-electron chi connectivity index (χ0n) is 11.2. The van der Waals surface area contributed by atoms with Gasteiger partial charge in [-0.3, -0.25) is 11.3 Å². The molecule has 0 amide bonds. The summed E-state index contributed by atoms with van der Waals surface area (Å²) in [6.45, 7) is 0. The molecule has 1 unspecified atom stereocenters. The Bertz CT molecular complexity index is 405. The molecule has 0 aliphatic heterocycles. The maximum Gasteiger partial charge on any atom is 0.124 e. The molecule has 4 heteroatoms. The molecule has 1 saturated carbocycles. The van der Waals surface area contributed by atoms with E-state index < -0.39 is 0 Å². The van der Waals surface area contributed by atoms with Crippen LogP contribution in [0.2, 0.25) is 5.02 Å². The quantitative estimate of drug-likeness (QED) is 0.623. The Hall–Kier alpha value is -0.640. The van der Waals surface area contributed by atoms with Crippen LogP contribution in [0.3, 0.4) is 0 Å². The van der Waals surface area contributed by atoms with Gasteiger partial charge in [-0.25, -0.2) is 4.39 Å². The van der Waals surface area contributed by atoms with Crippen molar-refractivity contribution in [1.29, 1.82) is 0 Å². The molecule has 2 nitrogen and oxygen atoms in total. The van der Waals surface area contributed by atoms with Crippen molar-refractivity contribution in [1.82, 2.24) is 5.43 Å². The largest absolute Gasteiger partial charge is 0.271 e. The molecule has 1 aliphatic carbocycles. The van der Waals surface area contributed by atoms with Crippen LogP contribution >= 0.6 is 11.6 Å². The van der Waals surface area contributed by atoms with E-state index in [0.717, 1.165) is 24.3 Å². The molecule has 1 fully saturated rings. The van der Waals surface area contributed by atoms with E-state index in [4.69, 9.17) is 17.4 Å². The number of nitrogens with one attached hydrogen (secondary N) is 1. The molecule has 106 valence electrons. The van der Waals surface area contributed by atoms with Gasteiger partial charge in [0, 0.05) is 11.1 Å². The van der Waals surface area contributed by atoms with Gasteiger partial charge in [-0.05, 0) is 36.5 Å². The van der Waals surface area contributed by atoms with Gasteiger partial charge in [-0.2, -0.15) is 0 Å². The van der Waals surface area contributed by atoms with E-state index in [1.807, 2.05) is 0 Å². The summed E-state index contributed by atoms with van der Waals surface area (Å²) in [6.07, 6.45) is 8.84. The van der Waals surface area contributed by atoms with Crippen molar-refractivity contribution < 1.29 is 4.39 Å². The molecule has 0 spiro atoms. The topological polar surface area (TPSA) is 38.0 Å². The minimum atomic E-state index is -0.309. The highest BCUT2D eigenvalue weighted by atomic mass is 35.5. The van der Waals surface area contributed by atoms with Crippen LogP contribution in [0.25, 0.3) is 0 Å². The molecule has 2 rings (SSSR count). The number of hydrogen-bond donors (Lipinski definition) is 2. The van der Waals surface area contributed by atoms with Crippen LogP contribution in [-0.2, 0) is 0 Å². The molecular formula is C15H22ClFN2. The van der Waals surface area contributed by atoms with Crippen molar-refractivity contribution >= 4 is 11.6 Å². The monoisotopic (exact) mass is 284 g/mol. The average Bonchev–Trinajstić information content (AvgIpc) is 2.42. The first-order chi connectivity index (χ1) is 9.20. The van der Waals surface area contributed by atoms with E-state index in [2.05, 4.69) is 5.43 Å². The lowest BCUT2D eigenvalue weighted by molar-refractivity contribution is 0.315. The van der Waals surface area contributed by atoms with Crippen LogP contribution in [0.1, 0.15) is 56.6 Å². The summed E-state index contributed by atoms with van der Waals surface area (Å²) in [6, 6.07) is 4.52. The summed E-state index contributed by atoms with van der Waals surface area (Å²) in [7, 11) is 0. The standard InChI is InChI=1S/C15H22ClFN2/c16-14-10-12(17)7-8-13(14)15(19-18)9-6-11-4-2-1-3-5-11/h7-8,10-11,15,19H,1-6,9,18H2. The van der Waals surface area contributed by atoms with E-state index in [1.54, 1.807) is 6.07 Å².